The number of carbonyl (C=O) groups is 1. The Labute approximate surface area is 120 Å². The van der Waals surface area contributed by atoms with Crippen LogP contribution in [0.1, 0.15) is 48.7 Å². The zero-order valence-corrected chi connectivity index (χ0v) is 13.4. The lowest BCUT2D eigenvalue weighted by Gasteiger charge is -2.13. The van der Waals surface area contributed by atoms with Crippen molar-refractivity contribution in [2.24, 2.45) is 0 Å². The van der Waals surface area contributed by atoms with Gasteiger partial charge < -0.3 is 4.74 Å². The summed E-state index contributed by atoms with van der Waals surface area (Å²) in [6.07, 6.45) is 0.608. The predicted molar refractivity (Wildman–Crippen MR) is 83.6 cm³/mol. The van der Waals surface area contributed by atoms with Crippen LogP contribution in [0.5, 0.6) is 5.75 Å². The summed E-state index contributed by atoms with van der Waals surface area (Å²) < 4.78 is 5.55. The molecule has 2 nitrogen and oxygen atoms in total. The molecule has 106 valence electrons. The number of carbonyl (C=O) groups excluding carboxylic acids is 1. The molecule has 0 bridgehead atoms. The molecule has 0 aliphatic carbocycles. The van der Waals surface area contributed by atoms with E-state index in [4.69, 9.17) is 4.74 Å². The molecule has 0 saturated heterocycles. The zero-order chi connectivity index (χ0) is 14.4. The molecule has 0 aliphatic heterocycles. The molecule has 0 unspecified atom stereocenters. The number of benzene rings is 1. The standard InChI is InChI=1S/C16H24O2S/c1-6-18-16-8-7-14(12(4)13(16)5)15(17)9-10-19-11(2)3/h7-8,11H,6,9-10H2,1-5H3. The van der Waals surface area contributed by atoms with E-state index in [1.165, 1.54) is 0 Å². The van der Waals surface area contributed by atoms with Crippen LogP contribution in [-0.2, 0) is 0 Å². The fourth-order valence-corrected chi connectivity index (χ4v) is 2.71. The Morgan fingerprint density at radius 2 is 1.95 bits per heavy atom. The van der Waals surface area contributed by atoms with E-state index in [-0.39, 0.29) is 5.78 Å². The van der Waals surface area contributed by atoms with E-state index in [1.807, 2.05) is 44.7 Å². The van der Waals surface area contributed by atoms with E-state index in [0.29, 0.717) is 18.3 Å². The molecule has 0 atom stereocenters. The van der Waals surface area contributed by atoms with Gasteiger partial charge in [0.2, 0.25) is 0 Å². The Morgan fingerprint density at radius 1 is 1.26 bits per heavy atom. The largest absolute Gasteiger partial charge is 0.494 e. The molecule has 0 fully saturated rings. The van der Waals surface area contributed by atoms with Gasteiger partial charge in [0.15, 0.2) is 5.78 Å². The van der Waals surface area contributed by atoms with Crippen LogP contribution in [0.4, 0.5) is 0 Å². The third-order valence-corrected chi connectivity index (χ3v) is 4.22. The molecule has 19 heavy (non-hydrogen) atoms. The molecule has 3 heteroatoms. The van der Waals surface area contributed by atoms with Gasteiger partial charge in [-0.15, -0.1) is 0 Å². The average Bonchev–Trinajstić information content (AvgIpc) is 2.34. The summed E-state index contributed by atoms with van der Waals surface area (Å²) in [7, 11) is 0. The average molecular weight is 280 g/mol. The van der Waals surface area contributed by atoms with Crippen LogP contribution in [0.25, 0.3) is 0 Å². The van der Waals surface area contributed by atoms with E-state index in [1.54, 1.807) is 0 Å². The van der Waals surface area contributed by atoms with Crippen molar-refractivity contribution in [1.82, 2.24) is 0 Å². The third kappa shape index (κ3) is 4.57. The molecule has 0 amide bonds. The second-order valence-electron chi connectivity index (χ2n) is 4.89. The summed E-state index contributed by atoms with van der Waals surface area (Å²) >= 11 is 1.83. The smallest absolute Gasteiger partial charge is 0.163 e. The Bertz CT molecular complexity index is 439. The van der Waals surface area contributed by atoms with Crippen molar-refractivity contribution in [3.05, 3.63) is 28.8 Å². The maximum absolute atomic E-state index is 12.2. The maximum Gasteiger partial charge on any atom is 0.163 e. The van der Waals surface area contributed by atoms with Crippen molar-refractivity contribution in [3.63, 3.8) is 0 Å². The van der Waals surface area contributed by atoms with Gasteiger partial charge in [0.05, 0.1) is 6.61 Å². The van der Waals surface area contributed by atoms with Gasteiger partial charge in [-0.05, 0) is 49.3 Å². The third-order valence-electron chi connectivity index (χ3n) is 3.12. The first-order valence-electron chi connectivity index (χ1n) is 6.85. The first kappa shape index (κ1) is 16.1. The summed E-state index contributed by atoms with van der Waals surface area (Å²) in [5.74, 6) is 2.01. The van der Waals surface area contributed by atoms with Crippen LogP contribution < -0.4 is 4.74 Å². The fraction of sp³-hybridized carbons (Fsp3) is 0.562. The Hall–Kier alpha value is -0.960. The molecular formula is C16H24O2S. The minimum atomic E-state index is 0.233. The van der Waals surface area contributed by atoms with Gasteiger partial charge in [-0.2, -0.15) is 11.8 Å². The monoisotopic (exact) mass is 280 g/mol. The van der Waals surface area contributed by atoms with Crippen LogP contribution in [0.2, 0.25) is 0 Å². The van der Waals surface area contributed by atoms with Gasteiger partial charge in [-0.1, -0.05) is 13.8 Å². The molecule has 0 saturated carbocycles. The number of ketones is 1. The minimum Gasteiger partial charge on any atom is -0.494 e. The second-order valence-corrected chi connectivity index (χ2v) is 6.57. The van der Waals surface area contributed by atoms with Gasteiger partial charge in [0.1, 0.15) is 5.75 Å². The second kappa shape index (κ2) is 7.59. The Kier molecular flexibility index (Phi) is 6.43. The quantitative estimate of drug-likeness (QED) is 0.692. The first-order chi connectivity index (χ1) is 8.97. The molecule has 0 radical (unpaired) electrons. The molecule has 0 spiro atoms. The summed E-state index contributed by atoms with van der Waals surface area (Å²) in [5, 5.41) is 0.580. The first-order valence-corrected chi connectivity index (χ1v) is 7.90. The normalized spacial score (nSPS) is 10.8. The van der Waals surface area contributed by atoms with Gasteiger partial charge in [0.25, 0.3) is 0 Å². The van der Waals surface area contributed by atoms with Crippen LogP contribution in [0.15, 0.2) is 12.1 Å². The highest BCUT2D eigenvalue weighted by Gasteiger charge is 2.13. The molecule has 0 aromatic heterocycles. The molecule has 1 rings (SSSR count). The van der Waals surface area contributed by atoms with Crippen molar-refractivity contribution < 1.29 is 9.53 Å². The highest BCUT2D eigenvalue weighted by Crippen LogP contribution is 2.25. The van der Waals surface area contributed by atoms with Crippen LogP contribution in [-0.4, -0.2) is 23.4 Å². The van der Waals surface area contributed by atoms with Crippen LogP contribution in [0, 0.1) is 13.8 Å². The van der Waals surface area contributed by atoms with Crippen LogP contribution >= 0.6 is 11.8 Å². The van der Waals surface area contributed by atoms with Crippen molar-refractivity contribution >= 4 is 17.5 Å². The zero-order valence-electron chi connectivity index (χ0n) is 12.6. The molecule has 0 aliphatic rings. The molecule has 0 heterocycles. The number of hydrogen-bond acceptors (Lipinski definition) is 3. The van der Waals surface area contributed by atoms with E-state index in [0.717, 1.165) is 28.2 Å². The van der Waals surface area contributed by atoms with E-state index in [9.17, 15) is 4.79 Å². The van der Waals surface area contributed by atoms with Gasteiger partial charge >= 0.3 is 0 Å². The van der Waals surface area contributed by atoms with Crippen molar-refractivity contribution in [2.75, 3.05) is 12.4 Å². The van der Waals surface area contributed by atoms with Crippen LogP contribution in [0.3, 0.4) is 0 Å². The lowest BCUT2D eigenvalue weighted by molar-refractivity contribution is 0.0989. The number of hydrogen-bond donors (Lipinski definition) is 0. The number of thioether (sulfide) groups is 1. The van der Waals surface area contributed by atoms with E-state index >= 15 is 0 Å². The molecular weight excluding hydrogens is 256 g/mol. The fourth-order valence-electron chi connectivity index (χ4n) is 1.93. The van der Waals surface area contributed by atoms with Gasteiger partial charge in [0, 0.05) is 17.7 Å². The maximum atomic E-state index is 12.2. The lowest BCUT2D eigenvalue weighted by Crippen LogP contribution is -2.06. The number of rotatable bonds is 7. The summed E-state index contributed by atoms with van der Waals surface area (Å²) in [6.45, 7) is 10.9. The SMILES string of the molecule is CCOc1ccc(C(=O)CCSC(C)C)c(C)c1C. The predicted octanol–water partition coefficient (Wildman–Crippen LogP) is 4.42. The number of ether oxygens (including phenoxy) is 1. The highest BCUT2D eigenvalue weighted by molar-refractivity contribution is 7.99. The topological polar surface area (TPSA) is 26.3 Å². The number of Topliss-reactive ketones (excluding diaryl/α,β-unsaturated/α-hetero) is 1. The van der Waals surface area contributed by atoms with E-state index < -0.39 is 0 Å². The highest BCUT2D eigenvalue weighted by atomic mass is 32.2. The van der Waals surface area contributed by atoms with Crippen molar-refractivity contribution in [3.8, 4) is 5.75 Å². The molecule has 1 aromatic rings. The molecule has 1 aromatic carbocycles. The van der Waals surface area contributed by atoms with Crippen molar-refractivity contribution in [2.45, 2.75) is 46.3 Å². The summed E-state index contributed by atoms with van der Waals surface area (Å²) in [6, 6.07) is 3.81. The minimum absolute atomic E-state index is 0.233. The summed E-state index contributed by atoms with van der Waals surface area (Å²) in [4.78, 5) is 12.2. The lowest BCUT2D eigenvalue weighted by atomic mass is 9.98. The Balaban J connectivity index is 2.78. The van der Waals surface area contributed by atoms with Gasteiger partial charge in [-0.25, -0.2) is 0 Å². The summed E-state index contributed by atoms with van der Waals surface area (Å²) in [5.41, 5.74) is 2.96. The Morgan fingerprint density at radius 3 is 2.53 bits per heavy atom. The van der Waals surface area contributed by atoms with Gasteiger partial charge in [-0.3, -0.25) is 4.79 Å². The van der Waals surface area contributed by atoms with E-state index in [2.05, 4.69) is 13.8 Å². The molecule has 0 N–H and O–H groups in total. The van der Waals surface area contributed by atoms with Crippen molar-refractivity contribution in [1.29, 1.82) is 0 Å².